The second-order valence-corrected chi connectivity index (χ2v) is 6.71. The molecular formula is C21H26N3O3+. The second-order valence-electron chi connectivity index (χ2n) is 6.71. The lowest BCUT2D eigenvalue weighted by atomic mass is 10.2. The van der Waals surface area contributed by atoms with Crippen molar-refractivity contribution in [1.82, 2.24) is 0 Å². The molecule has 2 N–H and O–H groups in total. The van der Waals surface area contributed by atoms with E-state index in [9.17, 15) is 5.11 Å². The topological polar surface area (TPSA) is 70.2 Å². The highest BCUT2D eigenvalue weighted by molar-refractivity contribution is 5.58. The van der Waals surface area contributed by atoms with Gasteiger partial charge in [-0.15, -0.1) is 0 Å². The van der Waals surface area contributed by atoms with Gasteiger partial charge in [-0.3, -0.25) is 0 Å². The van der Waals surface area contributed by atoms with Crippen molar-refractivity contribution in [2.75, 3.05) is 51.3 Å². The van der Waals surface area contributed by atoms with Crippen LogP contribution in [0.4, 0.5) is 5.69 Å². The molecule has 1 heterocycles. The van der Waals surface area contributed by atoms with Gasteiger partial charge in [0.1, 0.15) is 30.8 Å². The van der Waals surface area contributed by atoms with Gasteiger partial charge in [-0.1, -0.05) is 12.1 Å². The van der Waals surface area contributed by atoms with Gasteiger partial charge in [-0.2, -0.15) is 5.26 Å². The van der Waals surface area contributed by atoms with Crippen LogP contribution in [0.15, 0.2) is 48.5 Å². The Bertz CT molecular complexity index is 765. The monoisotopic (exact) mass is 368 g/mol. The number of hydrogen-bond donors (Lipinski definition) is 2. The number of methoxy groups -OCH3 is 1. The molecule has 1 atom stereocenters. The summed E-state index contributed by atoms with van der Waals surface area (Å²) in [5.74, 6) is 1.57. The van der Waals surface area contributed by atoms with Crippen LogP contribution in [0.2, 0.25) is 0 Å². The zero-order chi connectivity index (χ0) is 19.1. The second kappa shape index (κ2) is 9.26. The van der Waals surface area contributed by atoms with E-state index in [4.69, 9.17) is 14.7 Å². The molecule has 2 aromatic carbocycles. The fourth-order valence-electron chi connectivity index (χ4n) is 3.37. The predicted molar refractivity (Wildman–Crippen MR) is 103 cm³/mol. The fraction of sp³-hybridized carbons (Fsp3) is 0.381. The number of aliphatic hydroxyl groups is 1. The van der Waals surface area contributed by atoms with Crippen molar-refractivity contribution in [3.8, 4) is 17.6 Å². The van der Waals surface area contributed by atoms with E-state index in [1.807, 2.05) is 18.2 Å². The Hall–Kier alpha value is -2.75. The lowest BCUT2D eigenvalue weighted by molar-refractivity contribution is -0.903. The molecule has 0 unspecified atom stereocenters. The van der Waals surface area contributed by atoms with E-state index < -0.39 is 6.10 Å². The Kier molecular flexibility index (Phi) is 6.53. The summed E-state index contributed by atoms with van der Waals surface area (Å²) in [6.07, 6.45) is -0.520. The summed E-state index contributed by atoms with van der Waals surface area (Å²) in [4.78, 5) is 3.71. The highest BCUT2D eigenvalue weighted by Crippen LogP contribution is 2.27. The minimum Gasteiger partial charge on any atom is -0.495 e. The van der Waals surface area contributed by atoms with E-state index in [0.29, 0.717) is 17.9 Å². The molecule has 1 saturated heterocycles. The van der Waals surface area contributed by atoms with E-state index >= 15 is 0 Å². The third kappa shape index (κ3) is 5.13. The molecule has 6 heteroatoms. The van der Waals surface area contributed by atoms with Crippen molar-refractivity contribution in [3.05, 3.63) is 54.1 Å². The van der Waals surface area contributed by atoms with Crippen molar-refractivity contribution < 1.29 is 19.5 Å². The van der Waals surface area contributed by atoms with Gasteiger partial charge in [0.25, 0.3) is 0 Å². The molecule has 3 rings (SSSR count). The van der Waals surface area contributed by atoms with Gasteiger partial charge >= 0.3 is 0 Å². The Morgan fingerprint density at radius 1 is 1.15 bits per heavy atom. The van der Waals surface area contributed by atoms with Gasteiger partial charge in [-0.25, -0.2) is 0 Å². The lowest BCUT2D eigenvalue weighted by Crippen LogP contribution is -3.16. The van der Waals surface area contributed by atoms with Crippen LogP contribution in [0.3, 0.4) is 0 Å². The number of rotatable bonds is 7. The SMILES string of the molecule is COc1ccccc1N1CC[NH+](C[C@@H](O)COc2ccc(C#N)cc2)CC1. The number of piperazine rings is 1. The number of anilines is 1. The van der Waals surface area contributed by atoms with Crippen molar-refractivity contribution in [3.63, 3.8) is 0 Å². The van der Waals surface area contributed by atoms with Crippen LogP contribution in [0.5, 0.6) is 11.5 Å². The molecule has 1 aliphatic heterocycles. The molecule has 1 aliphatic rings. The number of nitrogens with one attached hydrogen (secondary N) is 1. The molecule has 6 nitrogen and oxygen atoms in total. The molecule has 2 aromatic rings. The maximum Gasteiger partial charge on any atom is 0.142 e. The summed E-state index contributed by atoms with van der Waals surface area (Å²) in [5.41, 5.74) is 1.73. The Morgan fingerprint density at radius 2 is 1.85 bits per heavy atom. The van der Waals surface area contributed by atoms with Crippen LogP contribution < -0.4 is 19.3 Å². The van der Waals surface area contributed by atoms with E-state index in [1.54, 1.807) is 31.4 Å². The van der Waals surface area contributed by atoms with E-state index in [1.165, 1.54) is 4.90 Å². The van der Waals surface area contributed by atoms with Crippen LogP contribution >= 0.6 is 0 Å². The average Bonchev–Trinajstić information content (AvgIpc) is 2.73. The highest BCUT2D eigenvalue weighted by Gasteiger charge is 2.24. The third-order valence-corrected chi connectivity index (χ3v) is 4.85. The summed E-state index contributed by atoms with van der Waals surface area (Å²) in [5, 5.41) is 19.1. The van der Waals surface area contributed by atoms with Crippen LogP contribution in [-0.4, -0.2) is 57.7 Å². The van der Waals surface area contributed by atoms with Gasteiger partial charge in [-0.05, 0) is 36.4 Å². The Labute approximate surface area is 160 Å². The molecule has 142 valence electrons. The summed E-state index contributed by atoms with van der Waals surface area (Å²) in [7, 11) is 1.70. The normalized spacial score (nSPS) is 15.8. The lowest BCUT2D eigenvalue weighted by Gasteiger charge is -2.35. The number of benzene rings is 2. The molecule has 0 bridgehead atoms. The fourth-order valence-corrected chi connectivity index (χ4v) is 3.37. The standard InChI is InChI=1S/C21H25N3O3/c1-26-21-5-3-2-4-20(21)24-12-10-23(11-13-24)15-18(25)16-27-19-8-6-17(14-22)7-9-19/h2-9,18,25H,10-13,15-16H2,1H3/p+1/t18-/m1/s1. The minimum absolute atomic E-state index is 0.256. The van der Waals surface area contributed by atoms with Crippen molar-refractivity contribution in [2.45, 2.75) is 6.10 Å². The maximum atomic E-state index is 10.3. The molecular weight excluding hydrogens is 342 g/mol. The Balaban J connectivity index is 1.43. The number of hydrogen-bond acceptors (Lipinski definition) is 5. The average molecular weight is 368 g/mol. The van der Waals surface area contributed by atoms with Crippen LogP contribution in [0.1, 0.15) is 5.56 Å². The number of nitrogens with zero attached hydrogens (tertiary/aromatic N) is 2. The predicted octanol–water partition coefficient (Wildman–Crippen LogP) is 0.712. The van der Waals surface area contributed by atoms with E-state index in [2.05, 4.69) is 17.0 Å². The molecule has 0 radical (unpaired) electrons. The number of nitriles is 1. The van der Waals surface area contributed by atoms with Crippen LogP contribution in [0.25, 0.3) is 0 Å². The summed E-state index contributed by atoms with van der Waals surface area (Å²) in [6, 6.07) is 17.1. The molecule has 27 heavy (non-hydrogen) atoms. The van der Waals surface area contributed by atoms with Crippen LogP contribution in [-0.2, 0) is 0 Å². The van der Waals surface area contributed by atoms with Crippen molar-refractivity contribution in [2.24, 2.45) is 0 Å². The maximum absolute atomic E-state index is 10.3. The zero-order valence-electron chi connectivity index (χ0n) is 15.6. The zero-order valence-corrected chi connectivity index (χ0v) is 15.6. The molecule has 0 saturated carbocycles. The Morgan fingerprint density at radius 3 is 2.52 bits per heavy atom. The third-order valence-electron chi connectivity index (χ3n) is 4.85. The largest absolute Gasteiger partial charge is 0.495 e. The summed E-state index contributed by atoms with van der Waals surface area (Å²) in [6.45, 7) is 4.71. The first-order chi connectivity index (χ1) is 13.2. The molecule has 0 spiro atoms. The van der Waals surface area contributed by atoms with Gasteiger partial charge in [0, 0.05) is 0 Å². The first-order valence-electron chi connectivity index (χ1n) is 9.22. The number of quaternary nitrogens is 1. The summed E-state index contributed by atoms with van der Waals surface area (Å²) < 4.78 is 11.1. The van der Waals surface area contributed by atoms with E-state index in [0.717, 1.165) is 37.6 Å². The minimum atomic E-state index is -0.520. The smallest absolute Gasteiger partial charge is 0.142 e. The van der Waals surface area contributed by atoms with Gasteiger partial charge in [0.15, 0.2) is 0 Å². The molecule has 0 amide bonds. The number of para-hydroxylation sites is 2. The van der Waals surface area contributed by atoms with Crippen molar-refractivity contribution in [1.29, 1.82) is 5.26 Å². The first-order valence-corrected chi connectivity index (χ1v) is 9.22. The quantitative estimate of drug-likeness (QED) is 0.753. The van der Waals surface area contributed by atoms with Gasteiger partial charge in [0.05, 0.1) is 50.6 Å². The molecule has 1 fully saturated rings. The number of aliphatic hydroxyl groups excluding tert-OH is 1. The van der Waals surface area contributed by atoms with E-state index in [-0.39, 0.29) is 6.61 Å². The van der Waals surface area contributed by atoms with Gasteiger partial charge in [0.2, 0.25) is 0 Å². The first kappa shape index (κ1) is 19.0. The number of ether oxygens (including phenoxy) is 2. The van der Waals surface area contributed by atoms with Gasteiger partial charge < -0.3 is 24.4 Å². The van der Waals surface area contributed by atoms with Crippen molar-refractivity contribution >= 4 is 5.69 Å². The van der Waals surface area contributed by atoms with Crippen LogP contribution in [0, 0.1) is 11.3 Å². The summed E-state index contributed by atoms with van der Waals surface area (Å²) >= 11 is 0. The molecule has 0 aromatic heterocycles. The molecule has 0 aliphatic carbocycles. The highest BCUT2D eigenvalue weighted by atomic mass is 16.5.